The predicted octanol–water partition coefficient (Wildman–Crippen LogP) is 2.78. The van der Waals surface area contributed by atoms with Gasteiger partial charge in [-0.2, -0.15) is 4.98 Å². The molecule has 6 heteroatoms. The Kier molecular flexibility index (Phi) is 5.71. The topological polar surface area (TPSA) is 56.3 Å². The van der Waals surface area contributed by atoms with Gasteiger partial charge >= 0.3 is 0 Å². The molecule has 1 aromatic heterocycles. The van der Waals surface area contributed by atoms with Crippen molar-refractivity contribution in [1.29, 1.82) is 0 Å². The van der Waals surface area contributed by atoms with E-state index < -0.39 is 0 Å². The van der Waals surface area contributed by atoms with E-state index in [-0.39, 0.29) is 0 Å². The second-order valence-corrected chi connectivity index (χ2v) is 6.28. The minimum absolute atomic E-state index is 0.795. The summed E-state index contributed by atoms with van der Waals surface area (Å²) in [6, 6.07) is 8.45. The molecule has 0 atom stereocenters. The average molecular weight is 340 g/mol. The van der Waals surface area contributed by atoms with E-state index in [1.165, 1.54) is 11.3 Å². The van der Waals surface area contributed by atoms with Gasteiger partial charge in [0, 0.05) is 56.8 Å². The van der Waals surface area contributed by atoms with Gasteiger partial charge in [-0.15, -0.1) is 0 Å². The lowest BCUT2D eigenvalue weighted by Crippen LogP contribution is -2.44. The van der Waals surface area contributed by atoms with Gasteiger partial charge in [-0.1, -0.05) is 0 Å². The van der Waals surface area contributed by atoms with Crippen LogP contribution in [0.1, 0.15) is 19.4 Å². The van der Waals surface area contributed by atoms with E-state index in [2.05, 4.69) is 69.4 Å². The van der Waals surface area contributed by atoms with E-state index in [0.29, 0.717) is 0 Å². The summed E-state index contributed by atoms with van der Waals surface area (Å²) in [5, 5.41) is 6.80. The van der Waals surface area contributed by atoms with Gasteiger partial charge < -0.3 is 20.4 Å². The molecule has 0 amide bonds. The molecule has 2 heterocycles. The van der Waals surface area contributed by atoms with Crippen molar-refractivity contribution in [3.05, 3.63) is 36.0 Å². The molecule has 134 valence electrons. The van der Waals surface area contributed by atoms with Crippen molar-refractivity contribution < 1.29 is 0 Å². The summed E-state index contributed by atoms with van der Waals surface area (Å²) in [6.07, 6.45) is 1.83. The standard InChI is InChI=1S/C19H28N6/c1-4-24(5-2)16-6-7-17(15(3)14-16)22-18-8-9-21-19(23-18)25-12-10-20-11-13-25/h6-9,14,20H,4-5,10-13H2,1-3H3,(H,21,22,23). The first-order valence-corrected chi connectivity index (χ1v) is 9.12. The van der Waals surface area contributed by atoms with Gasteiger partial charge in [-0.3, -0.25) is 0 Å². The minimum atomic E-state index is 0.795. The quantitative estimate of drug-likeness (QED) is 0.843. The molecule has 2 N–H and O–H groups in total. The molecule has 1 saturated heterocycles. The Bertz CT molecular complexity index is 692. The lowest BCUT2D eigenvalue weighted by molar-refractivity contribution is 0.580. The molecule has 1 aromatic carbocycles. The highest BCUT2D eigenvalue weighted by Crippen LogP contribution is 2.25. The van der Waals surface area contributed by atoms with Crippen molar-refractivity contribution in [3.63, 3.8) is 0 Å². The maximum absolute atomic E-state index is 4.69. The molecule has 0 spiro atoms. The maximum Gasteiger partial charge on any atom is 0.227 e. The number of aryl methyl sites for hydroxylation is 1. The molecule has 0 aliphatic carbocycles. The fourth-order valence-electron chi connectivity index (χ4n) is 3.15. The first-order chi connectivity index (χ1) is 12.2. The molecule has 1 aliphatic rings. The van der Waals surface area contributed by atoms with Gasteiger partial charge in [-0.25, -0.2) is 4.98 Å². The molecule has 0 bridgehead atoms. The molecule has 6 nitrogen and oxygen atoms in total. The summed E-state index contributed by atoms with van der Waals surface area (Å²) in [5.41, 5.74) is 3.56. The molecule has 2 aromatic rings. The fraction of sp³-hybridized carbons (Fsp3) is 0.474. The second kappa shape index (κ2) is 8.16. The molecule has 1 aliphatic heterocycles. The summed E-state index contributed by atoms with van der Waals surface area (Å²) in [7, 11) is 0. The molecular formula is C19H28N6. The van der Waals surface area contributed by atoms with Crippen LogP contribution < -0.4 is 20.4 Å². The van der Waals surface area contributed by atoms with Crippen molar-refractivity contribution in [1.82, 2.24) is 15.3 Å². The van der Waals surface area contributed by atoms with E-state index in [0.717, 1.165) is 56.7 Å². The summed E-state index contributed by atoms with van der Waals surface area (Å²) in [5.74, 6) is 1.63. The van der Waals surface area contributed by atoms with Crippen molar-refractivity contribution in [2.45, 2.75) is 20.8 Å². The Morgan fingerprint density at radius 2 is 1.92 bits per heavy atom. The molecule has 0 radical (unpaired) electrons. The number of rotatable bonds is 6. The number of anilines is 4. The van der Waals surface area contributed by atoms with Gasteiger partial charge in [0.25, 0.3) is 0 Å². The van der Waals surface area contributed by atoms with Crippen molar-refractivity contribution >= 4 is 23.1 Å². The third-order valence-electron chi connectivity index (χ3n) is 4.64. The largest absolute Gasteiger partial charge is 0.372 e. The van der Waals surface area contributed by atoms with Crippen LogP contribution in [0.5, 0.6) is 0 Å². The Balaban J connectivity index is 1.76. The molecule has 3 rings (SSSR count). The summed E-state index contributed by atoms with van der Waals surface area (Å²) < 4.78 is 0. The zero-order valence-electron chi connectivity index (χ0n) is 15.4. The molecule has 0 saturated carbocycles. The Labute approximate surface area is 150 Å². The lowest BCUT2D eigenvalue weighted by Gasteiger charge is -2.27. The predicted molar refractivity (Wildman–Crippen MR) is 105 cm³/mol. The van der Waals surface area contributed by atoms with Crippen LogP contribution in [0, 0.1) is 6.92 Å². The van der Waals surface area contributed by atoms with Crippen LogP contribution >= 0.6 is 0 Å². The van der Waals surface area contributed by atoms with E-state index in [4.69, 9.17) is 0 Å². The third kappa shape index (κ3) is 4.20. The monoisotopic (exact) mass is 340 g/mol. The minimum Gasteiger partial charge on any atom is -0.372 e. The van der Waals surface area contributed by atoms with E-state index in [1.807, 2.05) is 12.3 Å². The lowest BCUT2D eigenvalue weighted by atomic mass is 10.1. The van der Waals surface area contributed by atoms with Crippen LogP contribution in [0.3, 0.4) is 0 Å². The zero-order chi connectivity index (χ0) is 17.6. The zero-order valence-corrected chi connectivity index (χ0v) is 15.4. The maximum atomic E-state index is 4.69. The third-order valence-corrected chi connectivity index (χ3v) is 4.64. The summed E-state index contributed by atoms with van der Waals surface area (Å²) in [6.45, 7) is 12.4. The van der Waals surface area contributed by atoms with Crippen LogP contribution in [0.4, 0.5) is 23.1 Å². The van der Waals surface area contributed by atoms with E-state index in [1.54, 1.807) is 0 Å². The highest BCUT2D eigenvalue weighted by atomic mass is 15.3. The fourth-order valence-corrected chi connectivity index (χ4v) is 3.15. The molecule has 0 unspecified atom stereocenters. The Morgan fingerprint density at radius 1 is 1.16 bits per heavy atom. The smallest absolute Gasteiger partial charge is 0.227 e. The first-order valence-electron chi connectivity index (χ1n) is 9.12. The highest BCUT2D eigenvalue weighted by molar-refractivity contribution is 5.65. The molecule has 25 heavy (non-hydrogen) atoms. The summed E-state index contributed by atoms with van der Waals surface area (Å²) in [4.78, 5) is 13.7. The number of hydrogen-bond donors (Lipinski definition) is 2. The summed E-state index contributed by atoms with van der Waals surface area (Å²) >= 11 is 0. The number of aromatic nitrogens is 2. The van der Waals surface area contributed by atoms with Crippen LogP contribution in [0.2, 0.25) is 0 Å². The Morgan fingerprint density at radius 3 is 2.60 bits per heavy atom. The van der Waals surface area contributed by atoms with Crippen LogP contribution in [-0.2, 0) is 0 Å². The Hall–Kier alpha value is -2.34. The molecular weight excluding hydrogens is 312 g/mol. The van der Waals surface area contributed by atoms with Crippen molar-refractivity contribution in [3.8, 4) is 0 Å². The van der Waals surface area contributed by atoms with E-state index >= 15 is 0 Å². The highest BCUT2D eigenvalue weighted by Gasteiger charge is 2.13. The van der Waals surface area contributed by atoms with Crippen LogP contribution in [-0.4, -0.2) is 49.2 Å². The van der Waals surface area contributed by atoms with Gasteiger partial charge in [-0.05, 0) is 50.6 Å². The van der Waals surface area contributed by atoms with Gasteiger partial charge in [0.05, 0.1) is 0 Å². The molecule has 1 fully saturated rings. The van der Waals surface area contributed by atoms with Crippen molar-refractivity contribution in [2.24, 2.45) is 0 Å². The second-order valence-electron chi connectivity index (χ2n) is 6.28. The van der Waals surface area contributed by atoms with Crippen LogP contribution in [0.15, 0.2) is 30.5 Å². The number of benzene rings is 1. The number of nitrogens with zero attached hydrogens (tertiary/aromatic N) is 4. The number of piperazine rings is 1. The number of nitrogens with one attached hydrogen (secondary N) is 2. The first kappa shape index (κ1) is 17.5. The average Bonchev–Trinajstić information content (AvgIpc) is 2.66. The van der Waals surface area contributed by atoms with Crippen molar-refractivity contribution in [2.75, 3.05) is 54.4 Å². The number of hydrogen-bond acceptors (Lipinski definition) is 6. The normalized spacial score (nSPS) is 14.4. The van der Waals surface area contributed by atoms with Gasteiger partial charge in [0.1, 0.15) is 5.82 Å². The van der Waals surface area contributed by atoms with Gasteiger partial charge in [0.2, 0.25) is 5.95 Å². The SMILES string of the molecule is CCN(CC)c1ccc(Nc2ccnc(N3CCNCC3)n2)c(C)c1. The van der Waals surface area contributed by atoms with Gasteiger partial charge in [0.15, 0.2) is 0 Å². The van der Waals surface area contributed by atoms with Crippen LogP contribution in [0.25, 0.3) is 0 Å². The van der Waals surface area contributed by atoms with E-state index in [9.17, 15) is 0 Å².